The maximum absolute atomic E-state index is 12.9. The Morgan fingerprint density at radius 2 is 1.76 bits per heavy atom. The quantitative estimate of drug-likeness (QED) is 0.639. The average molecular weight is 431 g/mol. The Morgan fingerprint density at radius 1 is 1.03 bits per heavy atom. The van der Waals surface area contributed by atoms with Gasteiger partial charge in [0.05, 0.1) is 11.3 Å². The van der Waals surface area contributed by atoms with Gasteiger partial charge in [-0.25, -0.2) is 8.42 Å². The van der Waals surface area contributed by atoms with Crippen molar-refractivity contribution in [1.29, 1.82) is 0 Å². The van der Waals surface area contributed by atoms with Crippen molar-refractivity contribution in [2.24, 2.45) is 0 Å². The number of hydrogen-bond acceptors (Lipinski definition) is 4. The fraction of sp³-hybridized carbons (Fsp3) is 0.190. The number of carbonyl (C=O) groups is 1. The zero-order chi connectivity index (χ0) is 20.4. The summed E-state index contributed by atoms with van der Waals surface area (Å²) in [5, 5.41) is 2.83. The Balaban J connectivity index is 1.61. The number of sulfonamides is 1. The van der Waals surface area contributed by atoms with Gasteiger partial charge >= 0.3 is 0 Å². The molecule has 150 valence electrons. The van der Waals surface area contributed by atoms with Crippen LogP contribution in [0.15, 0.2) is 70.2 Å². The Labute approximate surface area is 174 Å². The van der Waals surface area contributed by atoms with Gasteiger partial charge in [-0.1, -0.05) is 41.9 Å². The number of nitrogens with one attached hydrogen (secondary N) is 1. The van der Waals surface area contributed by atoms with E-state index in [0.29, 0.717) is 24.3 Å². The molecule has 1 amide bonds. The monoisotopic (exact) mass is 430 g/mol. The van der Waals surface area contributed by atoms with E-state index in [-0.39, 0.29) is 15.7 Å². The number of furan rings is 1. The molecule has 0 radical (unpaired) electrons. The highest BCUT2D eigenvalue weighted by Crippen LogP contribution is 2.30. The van der Waals surface area contributed by atoms with Crippen LogP contribution in [0.25, 0.3) is 11.1 Å². The van der Waals surface area contributed by atoms with E-state index in [1.54, 1.807) is 12.1 Å². The van der Waals surface area contributed by atoms with Crippen LogP contribution in [-0.2, 0) is 10.0 Å². The van der Waals surface area contributed by atoms with Gasteiger partial charge in [-0.2, -0.15) is 4.31 Å². The standard InChI is InChI=1S/C21H19ClN2O4S/c22-18-9-8-16(14-19(18)29(26,27)24-11-4-5-12-24)23-21(25)20-17(10-13-28-20)15-6-2-1-3-7-15/h1-3,6-10,13-14H,4-5,11-12H2,(H,23,25). The molecule has 0 saturated carbocycles. The van der Waals surface area contributed by atoms with E-state index in [4.69, 9.17) is 16.0 Å². The van der Waals surface area contributed by atoms with Crippen LogP contribution in [0.2, 0.25) is 5.02 Å². The lowest BCUT2D eigenvalue weighted by Crippen LogP contribution is -2.28. The second kappa shape index (κ2) is 8.02. The lowest BCUT2D eigenvalue weighted by atomic mass is 10.1. The third-order valence-electron chi connectivity index (χ3n) is 4.83. The highest BCUT2D eigenvalue weighted by Gasteiger charge is 2.29. The van der Waals surface area contributed by atoms with E-state index in [1.165, 1.54) is 22.7 Å². The minimum absolute atomic E-state index is 0.0124. The minimum Gasteiger partial charge on any atom is -0.459 e. The molecule has 1 aliphatic heterocycles. The third-order valence-corrected chi connectivity index (χ3v) is 7.21. The first-order chi connectivity index (χ1) is 14.0. The van der Waals surface area contributed by atoms with Crippen molar-refractivity contribution in [2.75, 3.05) is 18.4 Å². The van der Waals surface area contributed by atoms with Gasteiger partial charge < -0.3 is 9.73 Å². The molecule has 29 heavy (non-hydrogen) atoms. The molecule has 1 aromatic heterocycles. The van der Waals surface area contributed by atoms with E-state index in [0.717, 1.165) is 18.4 Å². The van der Waals surface area contributed by atoms with Crippen LogP contribution in [0.3, 0.4) is 0 Å². The summed E-state index contributed by atoms with van der Waals surface area (Å²) in [6.45, 7) is 0.949. The molecule has 1 saturated heterocycles. The van der Waals surface area contributed by atoms with E-state index < -0.39 is 15.9 Å². The van der Waals surface area contributed by atoms with Crippen LogP contribution >= 0.6 is 11.6 Å². The van der Waals surface area contributed by atoms with E-state index in [9.17, 15) is 13.2 Å². The lowest BCUT2D eigenvalue weighted by molar-refractivity contribution is 0.0997. The number of rotatable bonds is 5. The number of carbonyl (C=O) groups excluding carboxylic acids is 1. The first-order valence-corrected chi connectivity index (χ1v) is 11.0. The fourth-order valence-electron chi connectivity index (χ4n) is 3.36. The van der Waals surface area contributed by atoms with Crippen molar-refractivity contribution in [1.82, 2.24) is 4.31 Å². The molecule has 4 rings (SSSR count). The molecular formula is C21H19ClN2O4S. The van der Waals surface area contributed by atoms with Gasteiger partial charge in [0.2, 0.25) is 10.0 Å². The van der Waals surface area contributed by atoms with Crippen LogP contribution in [0, 0.1) is 0 Å². The highest BCUT2D eigenvalue weighted by atomic mass is 35.5. The van der Waals surface area contributed by atoms with Crippen molar-refractivity contribution in [3.05, 3.63) is 71.6 Å². The Morgan fingerprint density at radius 3 is 2.48 bits per heavy atom. The van der Waals surface area contributed by atoms with Crippen molar-refractivity contribution in [3.8, 4) is 11.1 Å². The second-order valence-electron chi connectivity index (χ2n) is 6.74. The van der Waals surface area contributed by atoms with Crippen LogP contribution in [0.4, 0.5) is 5.69 Å². The van der Waals surface area contributed by atoms with Crippen molar-refractivity contribution in [3.63, 3.8) is 0 Å². The molecule has 0 unspecified atom stereocenters. The van der Waals surface area contributed by atoms with Crippen LogP contribution in [0.1, 0.15) is 23.4 Å². The molecule has 1 fully saturated rings. The molecule has 3 aromatic rings. The lowest BCUT2D eigenvalue weighted by Gasteiger charge is -2.17. The first-order valence-electron chi connectivity index (χ1n) is 9.21. The second-order valence-corrected chi connectivity index (χ2v) is 9.05. The first kappa shape index (κ1) is 19.7. The summed E-state index contributed by atoms with van der Waals surface area (Å²) >= 11 is 6.16. The zero-order valence-electron chi connectivity index (χ0n) is 15.5. The summed E-state index contributed by atoms with van der Waals surface area (Å²) in [5.41, 5.74) is 1.83. The molecular weight excluding hydrogens is 412 g/mol. The molecule has 0 aliphatic carbocycles. The maximum atomic E-state index is 12.9. The largest absolute Gasteiger partial charge is 0.459 e. The summed E-state index contributed by atoms with van der Waals surface area (Å²) in [5.74, 6) is -0.323. The zero-order valence-corrected chi connectivity index (χ0v) is 17.0. The highest BCUT2D eigenvalue weighted by molar-refractivity contribution is 7.89. The van der Waals surface area contributed by atoms with Crippen molar-refractivity contribution in [2.45, 2.75) is 17.7 Å². The van der Waals surface area contributed by atoms with E-state index >= 15 is 0 Å². The van der Waals surface area contributed by atoms with Gasteiger partial charge in [-0.15, -0.1) is 0 Å². The molecule has 6 nitrogen and oxygen atoms in total. The topological polar surface area (TPSA) is 79.6 Å². The average Bonchev–Trinajstić information content (AvgIpc) is 3.42. The predicted octanol–water partition coefficient (Wildman–Crippen LogP) is 4.64. The molecule has 0 spiro atoms. The fourth-order valence-corrected chi connectivity index (χ4v) is 5.38. The Kier molecular flexibility index (Phi) is 5.45. The number of halogens is 1. The molecule has 0 bridgehead atoms. The number of anilines is 1. The Hall–Kier alpha value is -2.61. The van der Waals surface area contributed by atoms with Gasteiger partial charge in [0.25, 0.3) is 5.91 Å². The van der Waals surface area contributed by atoms with Crippen LogP contribution in [0.5, 0.6) is 0 Å². The number of hydrogen-bond donors (Lipinski definition) is 1. The van der Waals surface area contributed by atoms with Crippen LogP contribution < -0.4 is 5.32 Å². The number of benzene rings is 2. The molecule has 1 aliphatic rings. The summed E-state index contributed by atoms with van der Waals surface area (Å²) in [4.78, 5) is 12.8. The summed E-state index contributed by atoms with van der Waals surface area (Å²) in [7, 11) is -3.71. The predicted molar refractivity (Wildman–Crippen MR) is 112 cm³/mol. The maximum Gasteiger partial charge on any atom is 0.292 e. The molecule has 8 heteroatoms. The Bertz CT molecular complexity index is 1140. The summed E-state index contributed by atoms with van der Waals surface area (Å²) < 4.78 is 32.6. The molecule has 0 atom stereocenters. The number of nitrogens with zero attached hydrogens (tertiary/aromatic N) is 1. The SMILES string of the molecule is O=C(Nc1ccc(Cl)c(S(=O)(=O)N2CCCC2)c1)c1occc1-c1ccccc1. The van der Waals surface area contributed by atoms with Crippen molar-refractivity contribution >= 4 is 33.2 Å². The third kappa shape index (κ3) is 3.94. The molecule has 2 heterocycles. The van der Waals surface area contributed by atoms with E-state index in [1.807, 2.05) is 30.3 Å². The minimum atomic E-state index is -3.71. The number of amides is 1. The van der Waals surface area contributed by atoms with Crippen LogP contribution in [-0.4, -0.2) is 31.7 Å². The summed E-state index contributed by atoms with van der Waals surface area (Å²) in [6.07, 6.45) is 3.10. The van der Waals surface area contributed by atoms with Crippen molar-refractivity contribution < 1.29 is 17.6 Å². The molecule has 2 aromatic carbocycles. The van der Waals surface area contributed by atoms with Gasteiger partial charge in [-0.3, -0.25) is 4.79 Å². The smallest absolute Gasteiger partial charge is 0.292 e. The molecule has 1 N–H and O–H groups in total. The van der Waals surface area contributed by atoms with Gasteiger partial charge in [-0.05, 0) is 42.7 Å². The normalized spacial score (nSPS) is 14.8. The van der Waals surface area contributed by atoms with Gasteiger partial charge in [0.1, 0.15) is 4.90 Å². The summed E-state index contributed by atoms with van der Waals surface area (Å²) in [6, 6.07) is 15.5. The van der Waals surface area contributed by atoms with Gasteiger partial charge in [0.15, 0.2) is 5.76 Å². The van der Waals surface area contributed by atoms with Gasteiger partial charge in [0, 0.05) is 24.3 Å². The van der Waals surface area contributed by atoms with E-state index in [2.05, 4.69) is 5.32 Å².